The Morgan fingerprint density at radius 3 is 2.41 bits per heavy atom. The van der Waals surface area contributed by atoms with Crippen molar-refractivity contribution >= 4 is 15.9 Å². The average molecular weight is 321 g/mol. The van der Waals surface area contributed by atoms with Gasteiger partial charge >= 0.3 is 6.36 Å². The Balaban J connectivity index is 3.27. The fraction of sp³-hybridized carbons (Fsp3) is 0.375. The summed E-state index contributed by atoms with van der Waals surface area (Å²) in [5.74, 6) is -1.04. The molecule has 0 radical (unpaired) electrons. The van der Waals surface area contributed by atoms with Crippen molar-refractivity contribution in [2.75, 3.05) is 0 Å². The van der Waals surface area contributed by atoms with E-state index in [1.807, 2.05) is 0 Å². The number of ether oxygens (including phenoxy) is 1. The molecule has 0 aliphatic rings. The Morgan fingerprint density at radius 1 is 1.41 bits per heavy atom. The number of nitrogens with zero attached hydrogens (tertiary/aromatic N) is 1. The molecule has 1 heterocycles. The van der Waals surface area contributed by atoms with Crippen LogP contribution in [0.3, 0.4) is 0 Å². The van der Waals surface area contributed by atoms with E-state index in [1.54, 1.807) is 0 Å². The van der Waals surface area contributed by atoms with E-state index >= 15 is 0 Å². The Hall–Kier alpha value is -0.960. The normalized spacial score (nSPS) is 12.0. The maximum absolute atomic E-state index is 12.6. The molecule has 0 fully saturated rings. The van der Waals surface area contributed by atoms with E-state index in [0.29, 0.717) is 6.20 Å². The summed E-state index contributed by atoms with van der Waals surface area (Å²) in [6.45, 7) is -0.188. The lowest BCUT2D eigenvalue weighted by atomic mass is 10.2. The molecule has 9 heteroatoms. The molecule has 0 saturated carbocycles. The summed E-state index contributed by atoms with van der Waals surface area (Å²) in [7, 11) is 0. The summed E-state index contributed by atoms with van der Waals surface area (Å²) in [6, 6.07) is 0. The molecule has 0 saturated heterocycles. The third-order valence-electron chi connectivity index (χ3n) is 1.73. The lowest BCUT2D eigenvalue weighted by Crippen LogP contribution is -2.19. The first-order valence-corrected chi connectivity index (χ1v) is 4.96. The van der Waals surface area contributed by atoms with Crippen molar-refractivity contribution in [3.05, 3.63) is 21.9 Å². The molecule has 17 heavy (non-hydrogen) atoms. The second-order valence-electron chi connectivity index (χ2n) is 2.85. The van der Waals surface area contributed by atoms with Gasteiger partial charge in [0.25, 0.3) is 6.43 Å². The number of rotatable bonds is 3. The molecule has 2 N–H and O–H groups in total. The first-order chi connectivity index (χ1) is 7.76. The highest BCUT2D eigenvalue weighted by Gasteiger charge is 2.34. The minimum absolute atomic E-state index is 0.0230. The quantitative estimate of drug-likeness (QED) is 0.870. The number of alkyl halides is 5. The zero-order valence-corrected chi connectivity index (χ0v) is 9.65. The highest BCUT2D eigenvalue weighted by atomic mass is 79.9. The number of pyridine rings is 1. The average Bonchev–Trinajstić information content (AvgIpc) is 2.14. The molecular weight excluding hydrogens is 315 g/mol. The van der Waals surface area contributed by atoms with Gasteiger partial charge in [-0.2, -0.15) is 0 Å². The Kier molecular flexibility index (Phi) is 4.26. The zero-order chi connectivity index (χ0) is 13.2. The maximum atomic E-state index is 12.6. The van der Waals surface area contributed by atoms with Gasteiger partial charge in [0.2, 0.25) is 0 Å². The predicted molar refractivity (Wildman–Crippen MR) is 51.5 cm³/mol. The molecule has 0 bridgehead atoms. The van der Waals surface area contributed by atoms with Crippen molar-refractivity contribution in [3.8, 4) is 5.75 Å². The first kappa shape index (κ1) is 14.1. The van der Waals surface area contributed by atoms with E-state index in [9.17, 15) is 22.0 Å². The standard InChI is InChI=1S/C8H6BrF5N2O/c9-6-3(1-15)16-2-4(5(6)7(10)11)17-8(12,13)14/h2,7H,1,15H2. The summed E-state index contributed by atoms with van der Waals surface area (Å²) in [5.41, 5.74) is 4.30. The van der Waals surface area contributed by atoms with E-state index in [0.717, 1.165) is 0 Å². The van der Waals surface area contributed by atoms with Gasteiger partial charge in [-0.05, 0) is 15.9 Å². The van der Waals surface area contributed by atoms with Gasteiger partial charge < -0.3 is 10.5 Å². The van der Waals surface area contributed by atoms with Crippen LogP contribution < -0.4 is 10.5 Å². The number of hydrogen-bond donors (Lipinski definition) is 1. The molecule has 0 aliphatic heterocycles. The third kappa shape index (κ3) is 3.50. The van der Waals surface area contributed by atoms with E-state index in [4.69, 9.17) is 5.73 Å². The van der Waals surface area contributed by atoms with Gasteiger partial charge in [0.15, 0.2) is 5.75 Å². The second-order valence-corrected chi connectivity index (χ2v) is 3.64. The monoisotopic (exact) mass is 320 g/mol. The predicted octanol–water partition coefficient (Wildman–Crippen LogP) is 3.14. The van der Waals surface area contributed by atoms with Crippen LogP contribution in [0.2, 0.25) is 0 Å². The zero-order valence-electron chi connectivity index (χ0n) is 8.06. The fourth-order valence-electron chi connectivity index (χ4n) is 1.08. The number of halogens is 6. The van der Waals surface area contributed by atoms with E-state index in [1.165, 1.54) is 0 Å². The van der Waals surface area contributed by atoms with Crippen molar-refractivity contribution in [1.29, 1.82) is 0 Å². The first-order valence-electron chi connectivity index (χ1n) is 4.17. The molecule has 0 atom stereocenters. The van der Waals surface area contributed by atoms with Crippen LogP contribution in [0.4, 0.5) is 22.0 Å². The summed E-state index contributed by atoms with van der Waals surface area (Å²) < 4.78 is 64.3. The van der Waals surface area contributed by atoms with Gasteiger partial charge in [-0.1, -0.05) is 0 Å². The molecule has 1 aromatic rings. The van der Waals surface area contributed by atoms with Crippen LogP contribution in [-0.2, 0) is 6.54 Å². The molecule has 0 unspecified atom stereocenters. The Bertz CT molecular complexity index is 410. The molecular formula is C8H6BrF5N2O. The smallest absolute Gasteiger partial charge is 0.404 e. The Morgan fingerprint density at radius 2 is 2.00 bits per heavy atom. The SMILES string of the molecule is NCc1ncc(OC(F)(F)F)c(C(F)F)c1Br. The number of hydrogen-bond acceptors (Lipinski definition) is 3. The fourth-order valence-corrected chi connectivity index (χ4v) is 1.71. The van der Waals surface area contributed by atoms with E-state index in [-0.39, 0.29) is 16.7 Å². The van der Waals surface area contributed by atoms with Crippen LogP contribution in [0.25, 0.3) is 0 Å². The number of aromatic nitrogens is 1. The topological polar surface area (TPSA) is 48.1 Å². The molecule has 3 nitrogen and oxygen atoms in total. The largest absolute Gasteiger partial charge is 0.573 e. The van der Waals surface area contributed by atoms with Crippen LogP contribution >= 0.6 is 15.9 Å². The van der Waals surface area contributed by atoms with Crippen LogP contribution in [-0.4, -0.2) is 11.3 Å². The number of nitrogens with two attached hydrogens (primary N) is 1. The summed E-state index contributed by atoms with van der Waals surface area (Å²) in [6.07, 6.45) is -7.63. The van der Waals surface area contributed by atoms with E-state index < -0.39 is 24.1 Å². The van der Waals surface area contributed by atoms with Crippen LogP contribution in [0, 0.1) is 0 Å². The van der Waals surface area contributed by atoms with Crippen molar-refractivity contribution in [1.82, 2.24) is 4.98 Å². The summed E-state index contributed by atoms with van der Waals surface area (Å²) >= 11 is 2.73. The minimum Gasteiger partial charge on any atom is -0.404 e. The molecule has 0 aromatic carbocycles. The van der Waals surface area contributed by atoms with Gasteiger partial charge in [-0.15, -0.1) is 13.2 Å². The lowest BCUT2D eigenvalue weighted by Gasteiger charge is -2.15. The van der Waals surface area contributed by atoms with Gasteiger partial charge in [0, 0.05) is 6.54 Å². The van der Waals surface area contributed by atoms with E-state index in [2.05, 4.69) is 25.7 Å². The lowest BCUT2D eigenvalue weighted by molar-refractivity contribution is -0.275. The molecule has 0 amide bonds. The highest BCUT2D eigenvalue weighted by Crippen LogP contribution is 2.38. The Labute approximate surface area is 101 Å². The van der Waals surface area contributed by atoms with Gasteiger partial charge in [0.05, 0.1) is 21.9 Å². The third-order valence-corrected chi connectivity index (χ3v) is 2.62. The van der Waals surface area contributed by atoms with Crippen molar-refractivity contribution in [2.24, 2.45) is 5.73 Å². The van der Waals surface area contributed by atoms with Crippen molar-refractivity contribution < 1.29 is 26.7 Å². The summed E-state index contributed by atoms with van der Waals surface area (Å²) in [4.78, 5) is 3.49. The van der Waals surface area contributed by atoms with Crippen LogP contribution in [0.5, 0.6) is 5.75 Å². The highest BCUT2D eigenvalue weighted by molar-refractivity contribution is 9.10. The second kappa shape index (κ2) is 5.13. The molecule has 1 aromatic heterocycles. The van der Waals surface area contributed by atoms with Crippen molar-refractivity contribution in [2.45, 2.75) is 19.3 Å². The van der Waals surface area contributed by atoms with Crippen molar-refractivity contribution in [3.63, 3.8) is 0 Å². The molecule has 96 valence electrons. The molecule has 1 rings (SSSR count). The maximum Gasteiger partial charge on any atom is 0.573 e. The van der Waals surface area contributed by atoms with Crippen LogP contribution in [0.15, 0.2) is 10.7 Å². The van der Waals surface area contributed by atoms with Gasteiger partial charge in [0.1, 0.15) is 0 Å². The van der Waals surface area contributed by atoms with Gasteiger partial charge in [-0.3, -0.25) is 4.98 Å². The van der Waals surface area contributed by atoms with Gasteiger partial charge in [-0.25, -0.2) is 8.78 Å². The summed E-state index contributed by atoms with van der Waals surface area (Å²) in [5, 5.41) is 0. The molecule has 0 spiro atoms. The minimum atomic E-state index is -5.06. The molecule has 0 aliphatic carbocycles. The van der Waals surface area contributed by atoms with Crippen LogP contribution in [0.1, 0.15) is 17.7 Å².